The second-order valence-corrected chi connectivity index (χ2v) is 4.16. The molecule has 2 rings (SSSR count). The van der Waals surface area contributed by atoms with Crippen molar-refractivity contribution in [1.82, 2.24) is 0 Å². The summed E-state index contributed by atoms with van der Waals surface area (Å²) in [4.78, 5) is 11.5. The van der Waals surface area contributed by atoms with Crippen LogP contribution in [0.5, 0.6) is 0 Å². The predicted octanol–water partition coefficient (Wildman–Crippen LogP) is 4.35. The van der Waals surface area contributed by atoms with Crippen LogP contribution in [-0.4, -0.2) is 5.78 Å². The first-order chi connectivity index (χ1) is 8.09. The molecule has 0 N–H and O–H groups in total. The molecule has 0 fully saturated rings. The van der Waals surface area contributed by atoms with Crippen LogP contribution >= 0.6 is 11.6 Å². The highest BCUT2D eigenvalue weighted by molar-refractivity contribution is 6.30. The smallest absolute Gasteiger partial charge is 0.160 e. The fraction of sp³-hybridized carbons (Fsp3) is 0.0714. The molecule has 2 aromatic rings. The van der Waals surface area contributed by atoms with Crippen molar-refractivity contribution in [2.24, 2.45) is 0 Å². The van der Waals surface area contributed by atoms with Gasteiger partial charge in [-0.05, 0) is 30.7 Å². The van der Waals surface area contributed by atoms with Crippen LogP contribution in [0.1, 0.15) is 17.3 Å². The Labute approximate surface area is 104 Å². The topological polar surface area (TPSA) is 17.1 Å². The zero-order valence-electron chi connectivity index (χ0n) is 9.21. The molecule has 86 valence electrons. The van der Waals surface area contributed by atoms with E-state index in [9.17, 15) is 9.18 Å². The molecule has 0 heterocycles. The Morgan fingerprint density at radius 2 is 1.82 bits per heavy atom. The van der Waals surface area contributed by atoms with Crippen LogP contribution in [0.4, 0.5) is 4.39 Å². The number of carbonyl (C=O) groups is 1. The average molecular weight is 249 g/mol. The fourth-order valence-electron chi connectivity index (χ4n) is 1.73. The summed E-state index contributed by atoms with van der Waals surface area (Å²) in [6.07, 6.45) is 0. The lowest BCUT2D eigenvalue weighted by Crippen LogP contribution is -1.97. The maximum Gasteiger partial charge on any atom is 0.160 e. The van der Waals surface area contributed by atoms with E-state index >= 15 is 0 Å². The van der Waals surface area contributed by atoms with E-state index in [2.05, 4.69) is 0 Å². The maximum atomic E-state index is 13.7. The van der Waals surface area contributed by atoms with Crippen LogP contribution < -0.4 is 0 Å². The monoisotopic (exact) mass is 248 g/mol. The quantitative estimate of drug-likeness (QED) is 0.722. The first-order valence-corrected chi connectivity index (χ1v) is 5.53. The van der Waals surface area contributed by atoms with Gasteiger partial charge in [0.2, 0.25) is 0 Å². The molecule has 0 bridgehead atoms. The molecule has 0 aliphatic carbocycles. The van der Waals surface area contributed by atoms with E-state index in [1.807, 2.05) is 0 Å². The van der Waals surface area contributed by atoms with Gasteiger partial charge in [0.15, 0.2) is 5.78 Å². The average Bonchev–Trinajstić information content (AvgIpc) is 2.32. The highest BCUT2D eigenvalue weighted by atomic mass is 35.5. The number of ketones is 1. The van der Waals surface area contributed by atoms with Gasteiger partial charge >= 0.3 is 0 Å². The molecular weight excluding hydrogens is 239 g/mol. The Morgan fingerprint density at radius 3 is 2.53 bits per heavy atom. The third-order valence-electron chi connectivity index (χ3n) is 2.52. The molecule has 0 unspecified atom stereocenters. The van der Waals surface area contributed by atoms with E-state index in [0.717, 1.165) is 0 Å². The molecule has 0 saturated carbocycles. The second kappa shape index (κ2) is 4.68. The van der Waals surface area contributed by atoms with Crippen molar-refractivity contribution in [2.45, 2.75) is 6.92 Å². The Kier molecular flexibility index (Phi) is 3.25. The second-order valence-electron chi connectivity index (χ2n) is 3.73. The SMILES string of the molecule is CC(=O)c1ccccc1-c1cc(Cl)ccc1F. The van der Waals surface area contributed by atoms with Crippen molar-refractivity contribution in [2.75, 3.05) is 0 Å². The molecule has 0 radical (unpaired) electrons. The van der Waals surface area contributed by atoms with Gasteiger partial charge in [0, 0.05) is 16.1 Å². The minimum absolute atomic E-state index is 0.0972. The number of halogens is 2. The summed E-state index contributed by atoms with van der Waals surface area (Å²) in [5.41, 5.74) is 1.41. The molecule has 2 aromatic carbocycles. The Balaban J connectivity index is 2.68. The van der Waals surface area contributed by atoms with Gasteiger partial charge in [-0.2, -0.15) is 0 Å². The van der Waals surface area contributed by atoms with Crippen molar-refractivity contribution in [3.05, 3.63) is 58.9 Å². The molecule has 0 amide bonds. The van der Waals surface area contributed by atoms with E-state index in [1.165, 1.54) is 25.1 Å². The largest absolute Gasteiger partial charge is 0.294 e. The number of benzene rings is 2. The molecule has 0 saturated heterocycles. The molecule has 0 aromatic heterocycles. The van der Waals surface area contributed by atoms with Gasteiger partial charge in [0.1, 0.15) is 5.82 Å². The zero-order chi connectivity index (χ0) is 12.4. The van der Waals surface area contributed by atoms with Crippen LogP contribution in [0, 0.1) is 5.82 Å². The molecule has 0 atom stereocenters. The normalized spacial score (nSPS) is 10.3. The van der Waals surface area contributed by atoms with Gasteiger partial charge in [-0.25, -0.2) is 4.39 Å². The fourth-order valence-corrected chi connectivity index (χ4v) is 1.90. The summed E-state index contributed by atoms with van der Waals surface area (Å²) in [5, 5.41) is 0.444. The van der Waals surface area contributed by atoms with Gasteiger partial charge in [0.25, 0.3) is 0 Å². The maximum absolute atomic E-state index is 13.7. The standard InChI is InChI=1S/C14H10ClFO/c1-9(17)11-4-2-3-5-12(11)13-8-10(15)6-7-14(13)16/h2-8H,1H3. The summed E-state index contributed by atoms with van der Waals surface area (Å²) in [5.74, 6) is -0.483. The number of carbonyl (C=O) groups excluding carboxylic acids is 1. The molecular formula is C14H10ClFO. The van der Waals surface area contributed by atoms with Crippen molar-refractivity contribution in [1.29, 1.82) is 0 Å². The molecule has 0 aliphatic heterocycles. The zero-order valence-corrected chi connectivity index (χ0v) is 9.96. The van der Waals surface area contributed by atoms with Gasteiger partial charge in [-0.1, -0.05) is 35.9 Å². The highest BCUT2D eigenvalue weighted by Gasteiger charge is 2.12. The Bertz CT molecular complexity index is 578. The number of hydrogen-bond acceptors (Lipinski definition) is 1. The molecule has 3 heteroatoms. The molecule has 0 aliphatic rings. The first-order valence-electron chi connectivity index (χ1n) is 5.15. The summed E-state index contributed by atoms with van der Waals surface area (Å²) in [6, 6.07) is 11.2. The summed E-state index contributed by atoms with van der Waals surface area (Å²) >= 11 is 5.85. The first kappa shape index (κ1) is 11.8. The lowest BCUT2D eigenvalue weighted by atomic mass is 9.97. The van der Waals surface area contributed by atoms with Crippen LogP contribution in [0.15, 0.2) is 42.5 Å². The molecule has 17 heavy (non-hydrogen) atoms. The van der Waals surface area contributed by atoms with E-state index in [4.69, 9.17) is 11.6 Å². The minimum Gasteiger partial charge on any atom is -0.294 e. The van der Waals surface area contributed by atoms with Gasteiger partial charge in [-0.15, -0.1) is 0 Å². The number of hydrogen-bond donors (Lipinski definition) is 0. The summed E-state index contributed by atoms with van der Waals surface area (Å²) in [7, 11) is 0. The molecule has 0 spiro atoms. The molecule has 1 nitrogen and oxygen atoms in total. The van der Waals surface area contributed by atoms with Gasteiger partial charge in [0.05, 0.1) is 0 Å². The Morgan fingerprint density at radius 1 is 1.12 bits per heavy atom. The lowest BCUT2D eigenvalue weighted by Gasteiger charge is -2.08. The van der Waals surface area contributed by atoms with Crippen molar-refractivity contribution < 1.29 is 9.18 Å². The highest BCUT2D eigenvalue weighted by Crippen LogP contribution is 2.29. The van der Waals surface area contributed by atoms with Crippen LogP contribution in [0.2, 0.25) is 5.02 Å². The van der Waals surface area contributed by atoms with E-state index in [-0.39, 0.29) is 11.6 Å². The van der Waals surface area contributed by atoms with Crippen molar-refractivity contribution in [3.8, 4) is 11.1 Å². The van der Waals surface area contributed by atoms with Crippen LogP contribution in [-0.2, 0) is 0 Å². The lowest BCUT2D eigenvalue weighted by molar-refractivity contribution is 0.101. The van der Waals surface area contributed by atoms with E-state index in [1.54, 1.807) is 24.3 Å². The number of rotatable bonds is 2. The van der Waals surface area contributed by atoms with Crippen LogP contribution in [0.25, 0.3) is 11.1 Å². The van der Waals surface area contributed by atoms with Crippen LogP contribution in [0.3, 0.4) is 0 Å². The summed E-state index contributed by atoms with van der Waals surface area (Å²) < 4.78 is 13.7. The minimum atomic E-state index is -0.386. The third-order valence-corrected chi connectivity index (χ3v) is 2.76. The number of Topliss-reactive ketones (excluding diaryl/α,β-unsaturated/α-hetero) is 1. The van der Waals surface area contributed by atoms with Gasteiger partial charge in [-0.3, -0.25) is 4.79 Å². The van der Waals surface area contributed by atoms with Gasteiger partial charge < -0.3 is 0 Å². The van der Waals surface area contributed by atoms with E-state index < -0.39 is 0 Å². The van der Waals surface area contributed by atoms with Crippen molar-refractivity contribution in [3.63, 3.8) is 0 Å². The summed E-state index contributed by atoms with van der Waals surface area (Å²) in [6.45, 7) is 1.46. The third kappa shape index (κ3) is 2.37. The predicted molar refractivity (Wildman–Crippen MR) is 66.9 cm³/mol. The van der Waals surface area contributed by atoms with Crippen molar-refractivity contribution >= 4 is 17.4 Å². The van der Waals surface area contributed by atoms with E-state index in [0.29, 0.717) is 21.7 Å². The Hall–Kier alpha value is -1.67.